The number of thiazole rings is 1. The van der Waals surface area contributed by atoms with E-state index in [-0.39, 0.29) is 0 Å². The first-order chi connectivity index (χ1) is 10.2. The monoisotopic (exact) mass is 307 g/mol. The predicted octanol–water partition coefficient (Wildman–Crippen LogP) is 3.16. The maximum absolute atomic E-state index is 11.8. The van der Waals surface area contributed by atoms with Crippen molar-refractivity contribution in [2.75, 3.05) is 0 Å². The first kappa shape index (κ1) is 14.2. The second-order valence-corrected chi connectivity index (χ2v) is 6.28. The van der Waals surface area contributed by atoms with Gasteiger partial charge in [0.25, 0.3) is 0 Å². The molecule has 1 aliphatic carbocycles. The molecule has 0 unspecified atom stereocenters. The molecule has 1 N–H and O–H groups in total. The summed E-state index contributed by atoms with van der Waals surface area (Å²) < 4.78 is 5.25. The fourth-order valence-corrected chi connectivity index (χ4v) is 3.45. The number of aliphatic carboxylic acids is 1. The van der Waals surface area contributed by atoms with Crippen LogP contribution in [-0.4, -0.2) is 26.2 Å². The van der Waals surface area contributed by atoms with Crippen molar-refractivity contribution in [3.63, 3.8) is 0 Å². The second kappa shape index (κ2) is 5.93. The SMILES string of the molecule is O=C(O)C1(Cc2nc(-c3cscn3)no2)CCCCCC1. The van der Waals surface area contributed by atoms with E-state index in [0.717, 1.165) is 25.7 Å². The van der Waals surface area contributed by atoms with E-state index >= 15 is 0 Å². The van der Waals surface area contributed by atoms with E-state index in [1.54, 1.807) is 5.51 Å². The molecule has 0 aliphatic heterocycles. The number of carboxylic acid groups (broad SMARTS) is 1. The maximum atomic E-state index is 11.8. The minimum absolute atomic E-state index is 0.305. The molecule has 0 spiro atoms. The van der Waals surface area contributed by atoms with Crippen LogP contribution in [0.3, 0.4) is 0 Å². The lowest BCUT2D eigenvalue weighted by atomic mass is 9.77. The molecule has 2 heterocycles. The van der Waals surface area contributed by atoms with Gasteiger partial charge in [0.15, 0.2) is 0 Å². The van der Waals surface area contributed by atoms with E-state index in [4.69, 9.17) is 4.52 Å². The lowest BCUT2D eigenvalue weighted by molar-refractivity contribution is -0.150. The van der Waals surface area contributed by atoms with Crippen LogP contribution in [0.2, 0.25) is 0 Å². The molecule has 112 valence electrons. The standard InChI is InChI=1S/C14H17N3O3S/c18-13(19)14(5-3-1-2-4-6-14)7-11-16-12(17-20-11)10-8-21-9-15-10/h8-9H,1-7H2,(H,18,19). The van der Waals surface area contributed by atoms with E-state index in [1.165, 1.54) is 11.3 Å². The highest BCUT2D eigenvalue weighted by atomic mass is 32.1. The van der Waals surface area contributed by atoms with Gasteiger partial charge in [-0.3, -0.25) is 4.79 Å². The summed E-state index contributed by atoms with van der Waals surface area (Å²) in [6.45, 7) is 0. The smallest absolute Gasteiger partial charge is 0.310 e. The lowest BCUT2D eigenvalue weighted by Gasteiger charge is -2.26. The van der Waals surface area contributed by atoms with Crippen LogP contribution in [0.25, 0.3) is 11.5 Å². The third-order valence-corrected chi connectivity index (χ3v) is 4.72. The van der Waals surface area contributed by atoms with Gasteiger partial charge in [0.1, 0.15) is 5.69 Å². The van der Waals surface area contributed by atoms with Crippen LogP contribution in [0, 0.1) is 5.41 Å². The van der Waals surface area contributed by atoms with Gasteiger partial charge in [0.2, 0.25) is 11.7 Å². The van der Waals surface area contributed by atoms with Crippen molar-refractivity contribution in [1.29, 1.82) is 0 Å². The Morgan fingerprint density at radius 1 is 1.33 bits per heavy atom. The van der Waals surface area contributed by atoms with Crippen LogP contribution in [0.5, 0.6) is 0 Å². The van der Waals surface area contributed by atoms with Crippen LogP contribution >= 0.6 is 11.3 Å². The normalized spacial score (nSPS) is 18.3. The van der Waals surface area contributed by atoms with Crippen molar-refractivity contribution in [1.82, 2.24) is 15.1 Å². The average Bonchev–Trinajstić information content (AvgIpc) is 3.07. The van der Waals surface area contributed by atoms with Crippen molar-refractivity contribution in [3.8, 4) is 11.5 Å². The van der Waals surface area contributed by atoms with E-state index in [2.05, 4.69) is 15.1 Å². The van der Waals surface area contributed by atoms with Crippen LogP contribution < -0.4 is 0 Å². The Bertz CT molecular complexity index is 601. The highest BCUT2D eigenvalue weighted by Crippen LogP contribution is 2.38. The van der Waals surface area contributed by atoms with Crippen LogP contribution in [0.4, 0.5) is 0 Å². The van der Waals surface area contributed by atoms with Gasteiger partial charge in [-0.05, 0) is 12.8 Å². The zero-order valence-corrected chi connectivity index (χ0v) is 12.4. The Morgan fingerprint density at radius 3 is 2.71 bits per heavy atom. The molecule has 7 heteroatoms. The molecule has 2 aromatic rings. The Balaban J connectivity index is 1.81. The van der Waals surface area contributed by atoms with Crippen LogP contribution in [-0.2, 0) is 11.2 Å². The fourth-order valence-electron chi connectivity index (χ4n) is 2.91. The first-order valence-corrected chi connectivity index (χ1v) is 8.08. The van der Waals surface area contributed by atoms with Crippen LogP contribution in [0.1, 0.15) is 44.4 Å². The largest absolute Gasteiger partial charge is 0.481 e. The Hall–Kier alpha value is -1.76. The van der Waals surface area contributed by atoms with E-state index in [1.807, 2.05) is 5.38 Å². The van der Waals surface area contributed by atoms with Gasteiger partial charge in [-0.2, -0.15) is 4.98 Å². The summed E-state index contributed by atoms with van der Waals surface area (Å²) in [6.07, 6.45) is 5.75. The molecule has 0 radical (unpaired) electrons. The molecule has 0 atom stereocenters. The van der Waals surface area contributed by atoms with Crippen molar-refractivity contribution in [2.45, 2.75) is 44.9 Å². The zero-order chi connectivity index (χ0) is 14.7. The van der Waals surface area contributed by atoms with E-state index in [9.17, 15) is 9.90 Å². The molecule has 21 heavy (non-hydrogen) atoms. The summed E-state index contributed by atoms with van der Waals surface area (Å²) in [4.78, 5) is 20.2. The summed E-state index contributed by atoms with van der Waals surface area (Å²) in [6, 6.07) is 0. The average molecular weight is 307 g/mol. The fraction of sp³-hybridized carbons (Fsp3) is 0.571. The quantitative estimate of drug-likeness (QED) is 0.873. The van der Waals surface area contributed by atoms with Gasteiger partial charge in [-0.1, -0.05) is 30.8 Å². The first-order valence-electron chi connectivity index (χ1n) is 7.14. The van der Waals surface area contributed by atoms with Gasteiger partial charge in [0, 0.05) is 11.8 Å². The third kappa shape index (κ3) is 2.97. The molecule has 1 fully saturated rings. The molecule has 3 rings (SSSR count). The van der Waals surface area contributed by atoms with Crippen molar-refractivity contribution in [3.05, 3.63) is 16.8 Å². The summed E-state index contributed by atoms with van der Waals surface area (Å²) in [5.74, 6) is 0.0699. The van der Waals surface area contributed by atoms with Gasteiger partial charge in [0.05, 0.1) is 10.9 Å². The highest BCUT2D eigenvalue weighted by molar-refractivity contribution is 7.07. The second-order valence-electron chi connectivity index (χ2n) is 5.56. The molecule has 0 aromatic carbocycles. The molecule has 6 nitrogen and oxygen atoms in total. The summed E-state index contributed by atoms with van der Waals surface area (Å²) in [7, 11) is 0. The van der Waals surface area contributed by atoms with Gasteiger partial charge >= 0.3 is 5.97 Å². The number of carbonyl (C=O) groups is 1. The number of rotatable bonds is 4. The van der Waals surface area contributed by atoms with Crippen molar-refractivity contribution >= 4 is 17.3 Å². The molecule has 2 aromatic heterocycles. The Labute approximate surface area is 126 Å². The van der Waals surface area contributed by atoms with Crippen LogP contribution in [0.15, 0.2) is 15.4 Å². The van der Waals surface area contributed by atoms with E-state index in [0.29, 0.717) is 36.7 Å². The number of hydrogen-bond donors (Lipinski definition) is 1. The highest BCUT2D eigenvalue weighted by Gasteiger charge is 2.40. The Morgan fingerprint density at radius 2 is 2.10 bits per heavy atom. The van der Waals surface area contributed by atoms with Gasteiger partial charge in [-0.15, -0.1) is 11.3 Å². The number of aromatic nitrogens is 3. The number of hydrogen-bond acceptors (Lipinski definition) is 6. The molecule has 0 saturated heterocycles. The van der Waals surface area contributed by atoms with Crippen molar-refractivity contribution < 1.29 is 14.4 Å². The topological polar surface area (TPSA) is 89.1 Å². The maximum Gasteiger partial charge on any atom is 0.310 e. The molecule has 1 saturated carbocycles. The molecular formula is C14H17N3O3S. The Kier molecular flexibility index (Phi) is 4.01. The summed E-state index contributed by atoms with van der Waals surface area (Å²) in [5.41, 5.74) is 1.61. The number of carboxylic acids is 1. The third-order valence-electron chi connectivity index (χ3n) is 4.13. The lowest BCUT2D eigenvalue weighted by Crippen LogP contribution is -2.33. The van der Waals surface area contributed by atoms with Crippen molar-refractivity contribution in [2.24, 2.45) is 5.41 Å². The minimum atomic E-state index is -0.762. The summed E-state index contributed by atoms with van der Waals surface area (Å²) in [5, 5.41) is 15.4. The van der Waals surface area contributed by atoms with Gasteiger partial charge < -0.3 is 9.63 Å². The zero-order valence-electron chi connectivity index (χ0n) is 11.6. The molecule has 0 amide bonds. The molecular weight excluding hydrogens is 290 g/mol. The number of nitrogens with zero attached hydrogens (tertiary/aromatic N) is 3. The van der Waals surface area contributed by atoms with Gasteiger partial charge in [-0.25, -0.2) is 4.98 Å². The molecule has 1 aliphatic rings. The van der Waals surface area contributed by atoms with E-state index < -0.39 is 11.4 Å². The summed E-state index contributed by atoms with van der Waals surface area (Å²) >= 11 is 1.46. The minimum Gasteiger partial charge on any atom is -0.481 e. The predicted molar refractivity (Wildman–Crippen MR) is 76.9 cm³/mol. The molecule has 0 bridgehead atoms.